The molecule has 0 aliphatic rings. The van der Waals surface area contributed by atoms with Gasteiger partial charge in [-0.1, -0.05) is 59.1 Å². The summed E-state index contributed by atoms with van der Waals surface area (Å²) in [5.41, 5.74) is 5.34. The zero-order valence-electron chi connectivity index (χ0n) is 16.2. The molecule has 3 aromatic carbocycles. The minimum absolute atomic E-state index is 0.176. The SMILES string of the molecule is Cc1ccc(-n2nc(-c3ccc(Cl)cc3)cc2NC(=O)c2cccc(C)c2)cc1. The number of aryl methyl sites for hydroxylation is 2. The van der Waals surface area contributed by atoms with Gasteiger partial charge < -0.3 is 5.32 Å². The Bertz CT molecular complexity index is 1160. The minimum Gasteiger partial charge on any atom is -0.306 e. The van der Waals surface area contributed by atoms with Crippen LogP contribution in [0.2, 0.25) is 5.02 Å². The molecule has 0 unspecified atom stereocenters. The molecule has 4 rings (SSSR count). The highest BCUT2D eigenvalue weighted by Gasteiger charge is 2.15. The third-order valence-electron chi connectivity index (χ3n) is 4.65. The smallest absolute Gasteiger partial charge is 0.256 e. The Hall–Kier alpha value is -3.37. The van der Waals surface area contributed by atoms with Gasteiger partial charge in [-0.15, -0.1) is 0 Å². The fourth-order valence-corrected chi connectivity index (χ4v) is 3.22. The quantitative estimate of drug-likeness (QED) is 0.451. The largest absolute Gasteiger partial charge is 0.306 e. The summed E-state index contributed by atoms with van der Waals surface area (Å²) in [6.07, 6.45) is 0. The van der Waals surface area contributed by atoms with Gasteiger partial charge in [0.05, 0.1) is 11.4 Å². The van der Waals surface area contributed by atoms with E-state index in [9.17, 15) is 4.79 Å². The molecule has 0 saturated heterocycles. The van der Waals surface area contributed by atoms with Crippen LogP contribution in [0.5, 0.6) is 0 Å². The van der Waals surface area contributed by atoms with Crippen LogP contribution in [0.4, 0.5) is 5.82 Å². The van der Waals surface area contributed by atoms with Crippen molar-refractivity contribution in [2.75, 3.05) is 5.32 Å². The van der Waals surface area contributed by atoms with Crippen molar-refractivity contribution in [2.24, 2.45) is 0 Å². The first-order chi connectivity index (χ1) is 14.0. The Labute approximate surface area is 174 Å². The molecule has 4 aromatic rings. The molecule has 0 radical (unpaired) electrons. The maximum atomic E-state index is 12.8. The molecule has 4 nitrogen and oxygen atoms in total. The monoisotopic (exact) mass is 401 g/mol. The van der Waals surface area contributed by atoms with Crippen molar-refractivity contribution < 1.29 is 4.79 Å². The molecule has 0 fully saturated rings. The lowest BCUT2D eigenvalue weighted by Gasteiger charge is -2.09. The number of nitrogens with one attached hydrogen (secondary N) is 1. The average molecular weight is 402 g/mol. The summed E-state index contributed by atoms with van der Waals surface area (Å²) in [5.74, 6) is 0.426. The first-order valence-corrected chi connectivity index (χ1v) is 9.68. The van der Waals surface area contributed by atoms with Crippen LogP contribution in [0.1, 0.15) is 21.5 Å². The Balaban J connectivity index is 1.75. The molecule has 0 atom stereocenters. The number of amides is 1. The lowest BCUT2D eigenvalue weighted by atomic mass is 10.1. The van der Waals surface area contributed by atoms with Crippen LogP contribution in [-0.4, -0.2) is 15.7 Å². The normalized spacial score (nSPS) is 10.7. The van der Waals surface area contributed by atoms with E-state index in [1.165, 1.54) is 0 Å². The summed E-state index contributed by atoms with van der Waals surface area (Å²) in [6.45, 7) is 4.00. The molecule has 1 N–H and O–H groups in total. The van der Waals surface area contributed by atoms with Gasteiger partial charge in [0.15, 0.2) is 0 Å². The van der Waals surface area contributed by atoms with E-state index in [1.807, 2.05) is 86.6 Å². The lowest BCUT2D eigenvalue weighted by Crippen LogP contribution is -2.15. The number of nitrogens with zero attached hydrogens (tertiary/aromatic N) is 2. The van der Waals surface area contributed by atoms with Crippen molar-refractivity contribution in [1.29, 1.82) is 0 Å². The van der Waals surface area contributed by atoms with Gasteiger partial charge in [-0.25, -0.2) is 4.68 Å². The number of rotatable bonds is 4. The molecule has 5 heteroatoms. The second-order valence-electron chi connectivity index (χ2n) is 6.99. The summed E-state index contributed by atoms with van der Waals surface area (Å²) < 4.78 is 1.75. The number of aromatic nitrogens is 2. The van der Waals surface area contributed by atoms with Crippen LogP contribution >= 0.6 is 11.6 Å². The number of halogens is 1. The van der Waals surface area contributed by atoms with Crippen LogP contribution in [0.3, 0.4) is 0 Å². The average Bonchev–Trinajstić information content (AvgIpc) is 3.13. The van der Waals surface area contributed by atoms with E-state index < -0.39 is 0 Å². The Morgan fingerprint density at radius 3 is 2.31 bits per heavy atom. The second-order valence-corrected chi connectivity index (χ2v) is 7.43. The van der Waals surface area contributed by atoms with Crippen molar-refractivity contribution in [3.05, 3.63) is 101 Å². The van der Waals surface area contributed by atoms with Crippen LogP contribution in [0.15, 0.2) is 78.9 Å². The van der Waals surface area contributed by atoms with Gasteiger partial charge in [0.2, 0.25) is 0 Å². The molecule has 1 amide bonds. The number of carbonyl (C=O) groups excluding carboxylic acids is 1. The van der Waals surface area contributed by atoms with E-state index >= 15 is 0 Å². The topological polar surface area (TPSA) is 46.9 Å². The van der Waals surface area contributed by atoms with E-state index in [2.05, 4.69) is 5.32 Å². The molecule has 0 aliphatic heterocycles. The number of carbonyl (C=O) groups is 1. The van der Waals surface area contributed by atoms with Gasteiger partial charge in [0.1, 0.15) is 5.82 Å². The Morgan fingerprint density at radius 2 is 1.62 bits per heavy atom. The molecule has 29 heavy (non-hydrogen) atoms. The van der Waals surface area contributed by atoms with E-state index in [0.29, 0.717) is 16.4 Å². The van der Waals surface area contributed by atoms with Gasteiger partial charge in [-0.3, -0.25) is 4.79 Å². The van der Waals surface area contributed by atoms with Gasteiger partial charge in [0, 0.05) is 22.2 Å². The number of hydrogen-bond acceptors (Lipinski definition) is 2. The van der Waals surface area contributed by atoms with Crippen molar-refractivity contribution in [3.63, 3.8) is 0 Å². The summed E-state index contributed by atoms with van der Waals surface area (Å²) in [4.78, 5) is 12.8. The van der Waals surface area contributed by atoms with Crippen LogP contribution < -0.4 is 5.32 Å². The van der Waals surface area contributed by atoms with Gasteiger partial charge in [0.25, 0.3) is 5.91 Å². The van der Waals surface area contributed by atoms with E-state index in [0.717, 1.165) is 28.1 Å². The highest BCUT2D eigenvalue weighted by Crippen LogP contribution is 2.26. The maximum Gasteiger partial charge on any atom is 0.256 e. The van der Waals surface area contributed by atoms with E-state index in [-0.39, 0.29) is 5.91 Å². The standard InChI is InChI=1S/C24H20ClN3O/c1-16-6-12-21(13-7-16)28-23(26-24(29)19-5-3-4-17(2)14-19)15-22(27-28)18-8-10-20(25)11-9-18/h3-15H,1-2H3,(H,26,29). The summed E-state index contributed by atoms with van der Waals surface area (Å²) in [7, 11) is 0. The zero-order valence-corrected chi connectivity index (χ0v) is 16.9. The molecule has 0 spiro atoms. The molecule has 0 saturated carbocycles. The van der Waals surface area contributed by atoms with Crippen LogP contribution in [0, 0.1) is 13.8 Å². The lowest BCUT2D eigenvalue weighted by molar-refractivity contribution is 0.102. The van der Waals surface area contributed by atoms with Crippen molar-refractivity contribution in [1.82, 2.24) is 9.78 Å². The predicted octanol–water partition coefficient (Wildman–Crippen LogP) is 6.06. The molecule has 1 aromatic heterocycles. The van der Waals surface area contributed by atoms with Crippen molar-refractivity contribution in [2.45, 2.75) is 13.8 Å². The zero-order chi connectivity index (χ0) is 20.4. The number of anilines is 1. The third kappa shape index (κ3) is 4.23. The number of hydrogen-bond donors (Lipinski definition) is 1. The van der Waals surface area contributed by atoms with Gasteiger partial charge in [-0.2, -0.15) is 5.10 Å². The first-order valence-electron chi connectivity index (χ1n) is 9.31. The minimum atomic E-state index is -0.176. The molecule has 1 heterocycles. The maximum absolute atomic E-state index is 12.8. The summed E-state index contributed by atoms with van der Waals surface area (Å²) in [5, 5.41) is 8.40. The van der Waals surface area contributed by atoms with Gasteiger partial charge in [-0.05, 0) is 50.2 Å². The molecular weight excluding hydrogens is 382 g/mol. The van der Waals surface area contributed by atoms with Crippen LogP contribution in [0.25, 0.3) is 16.9 Å². The van der Waals surface area contributed by atoms with E-state index in [1.54, 1.807) is 10.7 Å². The predicted molar refractivity (Wildman–Crippen MR) is 118 cm³/mol. The first kappa shape index (κ1) is 19.0. The third-order valence-corrected chi connectivity index (χ3v) is 4.90. The van der Waals surface area contributed by atoms with Gasteiger partial charge >= 0.3 is 0 Å². The highest BCUT2D eigenvalue weighted by molar-refractivity contribution is 6.30. The highest BCUT2D eigenvalue weighted by atomic mass is 35.5. The molecule has 0 aliphatic carbocycles. The fraction of sp³-hybridized carbons (Fsp3) is 0.0833. The Kier molecular flexibility index (Phi) is 5.19. The fourth-order valence-electron chi connectivity index (χ4n) is 3.09. The summed E-state index contributed by atoms with van der Waals surface area (Å²) >= 11 is 6.01. The second kappa shape index (κ2) is 7.94. The van der Waals surface area contributed by atoms with E-state index in [4.69, 9.17) is 16.7 Å². The van der Waals surface area contributed by atoms with Crippen LogP contribution in [-0.2, 0) is 0 Å². The molecular formula is C24H20ClN3O. The van der Waals surface area contributed by atoms with Crippen molar-refractivity contribution in [3.8, 4) is 16.9 Å². The molecule has 144 valence electrons. The Morgan fingerprint density at radius 1 is 0.897 bits per heavy atom. The summed E-state index contributed by atoms with van der Waals surface area (Å²) in [6, 6.07) is 24.9. The number of benzene rings is 3. The molecule has 0 bridgehead atoms. The van der Waals surface area contributed by atoms with Crippen molar-refractivity contribution >= 4 is 23.3 Å².